The first-order valence-corrected chi connectivity index (χ1v) is 7.67. The number of nitrogens with zero attached hydrogens (tertiary/aromatic N) is 1. The molecule has 0 heterocycles. The van der Waals surface area contributed by atoms with Crippen molar-refractivity contribution < 1.29 is 13.2 Å². The van der Waals surface area contributed by atoms with Gasteiger partial charge in [-0.2, -0.15) is 0 Å². The molecule has 0 saturated carbocycles. The summed E-state index contributed by atoms with van der Waals surface area (Å²) < 4.78 is 30.9. The Balaban J connectivity index is 3.16. The Hall–Kier alpha value is -1.11. The number of sulfonamides is 1. The van der Waals surface area contributed by atoms with Crippen LogP contribution < -0.4 is 10.1 Å². The van der Waals surface area contributed by atoms with Gasteiger partial charge in [0, 0.05) is 14.1 Å². The summed E-state index contributed by atoms with van der Waals surface area (Å²) in [5, 5.41) is 3.19. The fraction of sp³-hybridized carbons (Fsp3) is 0.538. The summed E-state index contributed by atoms with van der Waals surface area (Å²) in [6, 6.07) is 5.07. The maximum atomic E-state index is 12.2. The zero-order valence-corrected chi connectivity index (χ0v) is 12.8. The van der Waals surface area contributed by atoms with Gasteiger partial charge in [0.1, 0.15) is 5.75 Å². The maximum Gasteiger partial charge on any atom is 0.242 e. The molecule has 0 fully saturated rings. The molecule has 5 nitrogen and oxygen atoms in total. The number of ether oxygens (including phenoxy) is 1. The Bertz CT molecular complexity index is 513. The summed E-state index contributed by atoms with van der Waals surface area (Å²) in [7, 11) is 1.22. The van der Waals surface area contributed by atoms with E-state index < -0.39 is 10.0 Å². The average Bonchev–Trinajstić information content (AvgIpc) is 2.38. The first-order valence-electron chi connectivity index (χ1n) is 6.23. The minimum absolute atomic E-state index is 0.344. The molecule has 0 aliphatic carbocycles. The minimum atomic E-state index is -3.42. The van der Waals surface area contributed by atoms with Crippen molar-refractivity contribution in [3.05, 3.63) is 23.8 Å². The standard InChI is InChI=1S/C13H22N2O3S/c1-5-14-9-8-11-10-12(18-4)6-7-13(11)19(16,17)15(2)3/h6-7,10,14H,5,8-9H2,1-4H3. The van der Waals surface area contributed by atoms with E-state index in [0.29, 0.717) is 17.1 Å². The largest absolute Gasteiger partial charge is 0.497 e. The van der Waals surface area contributed by atoms with E-state index in [2.05, 4.69) is 5.32 Å². The van der Waals surface area contributed by atoms with E-state index in [4.69, 9.17) is 4.74 Å². The van der Waals surface area contributed by atoms with E-state index in [9.17, 15) is 8.42 Å². The van der Waals surface area contributed by atoms with Gasteiger partial charge in [0.05, 0.1) is 12.0 Å². The van der Waals surface area contributed by atoms with Gasteiger partial charge in [-0.1, -0.05) is 6.92 Å². The van der Waals surface area contributed by atoms with Gasteiger partial charge in [0.2, 0.25) is 10.0 Å². The van der Waals surface area contributed by atoms with Crippen LogP contribution in [0.3, 0.4) is 0 Å². The Morgan fingerprint density at radius 2 is 2.00 bits per heavy atom. The summed E-state index contributed by atoms with van der Waals surface area (Å²) in [6.07, 6.45) is 0.646. The lowest BCUT2D eigenvalue weighted by molar-refractivity contribution is 0.413. The van der Waals surface area contributed by atoms with Gasteiger partial charge in [0.25, 0.3) is 0 Å². The van der Waals surface area contributed by atoms with E-state index in [1.54, 1.807) is 25.3 Å². The molecule has 0 radical (unpaired) electrons. The normalized spacial score (nSPS) is 11.8. The van der Waals surface area contributed by atoms with Gasteiger partial charge in [-0.25, -0.2) is 12.7 Å². The first kappa shape index (κ1) is 15.9. The van der Waals surface area contributed by atoms with Gasteiger partial charge in [-0.3, -0.25) is 0 Å². The van der Waals surface area contributed by atoms with Gasteiger partial charge >= 0.3 is 0 Å². The van der Waals surface area contributed by atoms with Gasteiger partial charge in [0.15, 0.2) is 0 Å². The highest BCUT2D eigenvalue weighted by molar-refractivity contribution is 7.89. The maximum absolute atomic E-state index is 12.2. The molecule has 0 aliphatic rings. The van der Waals surface area contributed by atoms with Crippen LogP contribution in [0.15, 0.2) is 23.1 Å². The molecule has 0 bridgehead atoms. The molecular weight excluding hydrogens is 264 g/mol. The Kier molecular flexibility index (Phi) is 5.78. The second-order valence-corrected chi connectivity index (χ2v) is 6.48. The third-order valence-corrected chi connectivity index (χ3v) is 4.76. The van der Waals surface area contributed by atoms with E-state index >= 15 is 0 Å². The predicted octanol–water partition coefficient (Wildman–Crippen LogP) is 1.10. The van der Waals surface area contributed by atoms with Crippen molar-refractivity contribution >= 4 is 10.0 Å². The van der Waals surface area contributed by atoms with Crippen molar-refractivity contribution in [1.29, 1.82) is 0 Å². The number of methoxy groups -OCH3 is 1. The molecule has 1 aromatic carbocycles. The monoisotopic (exact) mass is 286 g/mol. The average molecular weight is 286 g/mol. The highest BCUT2D eigenvalue weighted by Gasteiger charge is 2.21. The van der Waals surface area contributed by atoms with Crippen molar-refractivity contribution in [3.63, 3.8) is 0 Å². The predicted molar refractivity (Wildman–Crippen MR) is 76.1 cm³/mol. The van der Waals surface area contributed by atoms with Gasteiger partial charge in [-0.05, 0) is 43.3 Å². The third-order valence-electron chi connectivity index (χ3n) is 2.85. The third kappa shape index (κ3) is 3.92. The topological polar surface area (TPSA) is 58.6 Å². The second kappa shape index (κ2) is 6.88. The van der Waals surface area contributed by atoms with Crippen LogP contribution in [0.4, 0.5) is 0 Å². The van der Waals surface area contributed by atoms with Gasteiger partial charge < -0.3 is 10.1 Å². The van der Waals surface area contributed by atoms with Crippen LogP contribution in [-0.2, 0) is 16.4 Å². The highest BCUT2D eigenvalue weighted by Crippen LogP contribution is 2.24. The zero-order valence-electron chi connectivity index (χ0n) is 11.9. The number of hydrogen-bond acceptors (Lipinski definition) is 4. The molecule has 1 N–H and O–H groups in total. The number of nitrogens with one attached hydrogen (secondary N) is 1. The molecule has 6 heteroatoms. The van der Waals surface area contributed by atoms with Crippen molar-refractivity contribution in [2.75, 3.05) is 34.3 Å². The summed E-state index contributed by atoms with van der Waals surface area (Å²) >= 11 is 0. The van der Waals surface area contributed by atoms with Gasteiger partial charge in [-0.15, -0.1) is 0 Å². The molecule has 0 aromatic heterocycles. The number of hydrogen-bond donors (Lipinski definition) is 1. The fourth-order valence-electron chi connectivity index (χ4n) is 1.73. The van der Waals surface area contributed by atoms with Crippen LogP contribution in [0.25, 0.3) is 0 Å². The summed E-state index contributed by atoms with van der Waals surface area (Å²) in [5.41, 5.74) is 0.772. The summed E-state index contributed by atoms with van der Waals surface area (Å²) in [4.78, 5) is 0.344. The Morgan fingerprint density at radius 1 is 1.32 bits per heavy atom. The molecule has 0 atom stereocenters. The Morgan fingerprint density at radius 3 is 2.53 bits per heavy atom. The molecule has 19 heavy (non-hydrogen) atoms. The first-order chi connectivity index (χ1) is 8.93. The number of benzene rings is 1. The van der Waals surface area contributed by atoms with Crippen LogP contribution in [-0.4, -0.2) is 47.0 Å². The van der Waals surface area contributed by atoms with Crippen LogP contribution >= 0.6 is 0 Å². The molecule has 108 valence electrons. The highest BCUT2D eigenvalue weighted by atomic mass is 32.2. The quantitative estimate of drug-likeness (QED) is 0.763. The van der Waals surface area contributed by atoms with E-state index in [1.807, 2.05) is 6.92 Å². The molecule has 0 spiro atoms. The van der Waals surface area contributed by atoms with Crippen LogP contribution in [0.5, 0.6) is 5.75 Å². The van der Waals surface area contributed by atoms with Crippen molar-refractivity contribution in [2.45, 2.75) is 18.2 Å². The lowest BCUT2D eigenvalue weighted by Gasteiger charge is -2.16. The molecule has 0 saturated heterocycles. The summed E-state index contributed by atoms with van der Waals surface area (Å²) in [5.74, 6) is 0.671. The molecule has 0 aliphatic heterocycles. The smallest absolute Gasteiger partial charge is 0.242 e. The van der Waals surface area contributed by atoms with Crippen molar-refractivity contribution in [3.8, 4) is 5.75 Å². The van der Waals surface area contributed by atoms with Crippen LogP contribution in [0.2, 0.25) is 0 Å². The fourth-order valence-corrected chi connectivity index (χ4v) is 2.85. The molecule has 1 aromatic rings. The van der Waals surface area contributed by atoms with Crippen molar-refractivity contribution in [2.24, 2.45) is 0 Å². The minimum Gasteiger partial charge on any atom is -0.497 e. The molecule has 0 unspecified atom stereocenters. The van der Waals surface area contributed by atoms with E-state index in [0.717, 1.165) is 18.7 Å². The van der Waals surface area contributed by atoms with Crippen LogP contribution in [0, 0.1) is 0 Å². The molecule has 0 amide bonds. The second-order valence-electron chi connectivity index (χ2n) is 4.36. The van der Waals surface area contributed by atoms with E-state index in [-0.39, 0.29) is 0 Å². The Labute approximate surface area is 115 Å². The number of likely N-dealkylation sites (N-methyl/N-ethyl adjacent to an activating group) is 1. The summed E-state index contributed by atoms with van der Waals surface area (Å²) in [6.45, 7) is 3.61. The lowest BCUT2D eigenvalue weighted by Crippen LogP contribution is -2.24. The van der Waals surface area contributed by atoms with Crippen LogP contribution in [0.1, 0.15) is 12.5 Å². The SMILES string of the molecule is CCNCCc1cc(OC)ccc1S(=O)(=O)N(C)C. The van der Waals surface area contributed by atoms with E-state index in [1.165, 1.54) is 18.4 Å². The molecule has 1 rings (SSSR count). The van der Waals surface area contributed by atoms with Crippen molar-refractivity contribution in [1.82, 2.24) is 9.62 Å². The molecular formula is C13H22N2O3S. The number of rotatable bonds is 7. The lowest BCUT2D eigenvalue weighted by atomic mass is 10.1. The zero-order chi connectivity index (χ0) is 14.5.